The summed E-state index contributed by atoms with van der Waals surface area (Å²) in [6.45, 7) is 7.72. The third kappa shape index (κ3) is 3.23. The lowest BCUT2D eigenvalue weighted by Crippen LogP contribution is -2.30. The molecule has 0 aliphatic carbocycles. The van der Waals surface area contributed by atoms with Crippen molar-refractivity contribution >= 4 is 22.7 Å². The van der Waals surface area contributed by atoms with Crippen LogP contribution in [0, 0.1) is 0 Å². The lowest BCUT2D eigenvalue weighted by molar-refractivity contribution is 0.101. The van der Waals surface area contributed by atoms with E-state index in [0.717, 1.165) is 35.1 Å². The first kappa shape index (κ1) is 15.6. The van der Waals surface area contributed by atoms with E-state index >= 15 is 0 Å². The first-order chi connectivity index (χ1) is 11.0. The number of anilines is 1. The van der Waals surface area contributed by atoms with E-state index in [4.69, 9.17) is 9.47 Å². The maximum atomic E-state index is 6.10. The standard InChI is InChI=1S/C18H23N3O2/c1-5-22-11-8-13-6-7-15-14(12-13)16-17(20-19-15)23-18(2,3)9-10-21(16)4/h6-8,11-12H,5,9-10H2,1-4H3/b11-8+. The molecule has 2 heterocycles. The molecule has 1 aliphatic heterocycles. The van der Waals surface area contributed by atoms with E-state index in [2.05, 4.69) is 42.1 Å². The molecule has 0 unspecified atom stereocenters. The normalized spacial score (nSPS) is 17.0. The Labute approximate surface area is 136 Å². The van der Waals surface area contributed by atoms with Gasteiger partial charge in [-0.25, -0.2) is 0 Å². The first-order valence-corrected chi connectivity index (χ1v) is 7.99. The predicted molar refractivity (Wildman–Crippen MR) is 92.8 cm³/mol. The van der Waals surface area contributed by atoms with Gasteiger partial charge in [-0.1, -0.05) is 6.07 Å². The molecule has 23 heavy (non-hydrogen) atoms. The lowest BCUT2D eigenvalue weighted by atomic mass is 10.1. The summed E-state index contributed by atoms with van der Waals surface area (Å²) in [4.78, 5) is 2.21. The highest BCUT2D eigenvalue weighted by atomic mass is 16.5. The Morgan fingerprint density at radius 2 is 2.17 bits per heavy atom. The molecule has 1 aromatic heterocycles. The summed E-state index contributed by atoms with van der Waals surface area (Å²) in [7, 11) is 2.08. The minimum absolute atomic E-state index is 0.242. The van der Waals surface area contributed by atoms with Crippen molar-refractivity contribution in [2.24, 2.45) is 0 Å². The summed E-state index contributed by atoms with van der Waals surface area (Å²) < 4.78 is 11.4. The Morgan fingerprint density at radius 1 is 1.35 bits per heavy atom. The van der Waals surface area contributed by atoms with Gasteiger partial charge in [0.05, 0.1) is 18.4 Å². The number of hydrogen-bond acceptors (Lipinski definition) is 5. The van der Waals surface area contributed by atoms with Crippen LogP contribution >= 0.6 is 0 Å². The van der Waals surface area contributed by atoms with Gasteiger partial charge in [-0.15, -0.1) is 10.2 Å². The SMILES string of the molecule is CCO/C=C/c1ccc2nnc3c(c2c1)N(C)CCC(C)(C)O3. The molecule has 0 radical (unpaired) electrons. The van der Waals surface area contributed by atoms with Crippen molar-refractivity contribution in [2.45, 2.75) is 32.8 Å². The van der Waals surface area contributed by atoms with Gasteiger partial charge in [0.15, 0.2) is 0 Å². The lowest BCUT2D eigenvalue weighted by Gasteiger charge is -2.22. The number of nitrogens with zero attached hydrogens (tertiary/aromatic N) is 3. The topological polar surface area (TPSA) is 47.5 Å². The van der Waals surface area contributed by atoms with E-state index in [1.807, 2.05) is 25.1 Å². The summed E-state index contributed by atoms with van der Waals surface area (Å²) >= 11 is 0. The quantitative estimate of drug-likeness (QED) is 0.810. The number of hydrogen-bond donors (Lipinski definition) is 0. The van der Waals surface area contributed by atoms with Gasteiger partial charge in [0.25, 0.3) is 5.88 Å². The second-order valence-corrected chi connectivity index (χ2v) is 6.42. The first-order valence-electron chi connectivity index (χ1n) is 7.99. The van der Waals surface area contributed by atoms with Crippen LogP contribution < -0.4 is 9.64 Å². The van der Waals surface area contributed by atoms with Crippen LogP contribution in [0.1, 0.15) is 32.8 Å². The van der Waals surface area contributed by atoms with Gasteiger partial charge in [-0.3, -0.25) is 0 Å². The Hall–Kier alpha value is -2.30. The Balaban J connectivity index is 2.11. The molecule has 3 rings (SSSR count). The molecule has 0 bridgehead atoms. The zero-order valence-corrected chi connectivity index (χ0v) is 14.2. The van der Waals surface area contributed by atoms with Crippen LogP contribution in [0.5, 0.6) is 5.88 Å². The van der Waals surface area contributed by atoms with Gasteiger partial charge in [0.2, 0.25) is 0 Å². The number of aromatic nitrogens is 2. The number of fused-ring (bicyclic) bond motifs is 3. The molecular formula is C18H23N3O2. The van der Waals surface area contributed by atoms with E-state index in [1.165, 1.54) is 0 Å². The van der Waals surface area contributed by atoms with Crippen LogP contribution in [0.2, 0.25) is 0 Å². The number of benzene rings is 1. The molecular weight excluding hydrogens is 290 g/mol. The molecule has 0 spiro atoms. The molecule has 1 aliphatic rings. The van der Waals surface area contributed by atoms with Crippen LogP contribution in [0.15, 0.2) is 24.5 Å². The molecule has 0 fully saturated rings. The van der Waals surface area contributed by atoms with Crippen molar-refractivity contribution in [1.29, 1.82) is 0 Å². The zero-order valence-electron chi connectivity index (χ0n) is 14.2. The van der Waals surface area contributed by atoms with Crippen molar-refractivity contribution in [1.82, 2.24) is 10.2 Å². The van der Waals surface area contributed by atoms with Crippen molar-refractivity contribution < 1.29 is 9.47 Å². The minimum Gasteiger partial charge on any atom is -0.501 e. The molecule has 5 nitrogen and oxygen atoms in total. The molecule has 0 saturated carbocycles. The molecule has 0 N–H and O–H groups in total. The average Bonchev–Trinajstić information content (AvgIpc) is 2.63. The number of rotatable bonds is 3. The van der Waals surface area contributed by atoms with Crippen molar-refractivity contribution in [3.05, 3.63) is 30.0 Å². The van der Waals surface area contributed by atoms with Gasteiger partial charge >= 0.3 is 0 Å². The van der Waals surface area contributed by atoms with E-state index in [1.54, 1.807) is 6.26 Å². The van der Waals surface area contributed by atoms with Crippen LogP contribution in [-0.4, -0.2) is 36.0 Å². The molecule has 0 saturated heterocycles. The van der Waals surface area contributed by atoms with Gasteiger partial charge in [0, 0.05) is 25.4 Å². The monoisotopic (exact) mass is 313 g/mol. The fraction of sp³-hybridized carbons (Fsp3) is 0.444. The van der Waals surface area contributed by atoms with Crippen LogP contribution in [-0.2, 0) is 4.74 Å². The van der Waals surface area contributed by atoms with Crippen LogP contribution in [0.4, 0.5) is 5.69 Å². The zero-order chi connectivity index (χ0) is 16.4. The fourth-order valence-electron chi connectivity index (χ4n) is 2.72. The maximum Gasteiger partial charge on any atom is 0.258 e. The third-order valence-corrected chi connectivity index (χ3v) is 4.05. The van der Waals surface area contributed by atoms with E-state index in [-0.39, 0.29) is 5.60 Å². The molecule has 0 atom stereocenters. The Kier molecular flexibility index (Phi) is 4.11. The van der Waals surface area contributed by atoms with Crippen LogP contribution in [0.3, 0.4) is 0 Å². The Bertz CT molecular complexity index is 740. The van der Waals surface area contributed by atoms with Crippen molar-refractivity contribution in [3.8, 4) is 5.88 Å². The molecule has 122 valence electrons. The summed E-state index contributed by atoms with van der Waals surface area (Å²) in [5.41, 5.74) is 2.70. The maximum absolute atomic E-state index is 6.10. The van der Waals surface area contributed by atoms with E-state index < -0.39 is 0 Å². The third-order valence-electron chi connectivity index (χ3n) is 4.05. The molecule has 2 aromatic rings. The second kappa shape index (κ2) is 6.07. The summed E-state index contributed by atoms with van der Waals surface area (Å²) in [5, 5.41) is 9.67. The second-order valence-electron chi connectivity index (χ2n) is 6.42. The predicted octanol–water partition coefficient (Wildman–Crippen LogP) is 3.63. The van der Waals surface area contributed by atoms with Gasteiger partial charge in [-0.05, 0) is 44.5 Å². The minimum atomic E-state index is -0.242. The summed E-state index contributed by atoms with van der Waals surface area (Å²) in [6.07, 6.45) is 4.61. The summed E-state index contributed by atoms with van der Waals surface area (Å²) in [5.74, 6) is 0.605. The average molecular weight is 313 g/mol. The molecule has 0 amide bonds. The Morgan fingerprint density at radius 3 is 2.96 bits per heavy atom. The molecule has 1 aromatic carbocycles. The van der Waals surface area contributed by atoms with Gasteiger partial charge in [0.1, 0.15) is 11.3 Å². The van der Waals surface area contributed by atoms with E-state index in [0.29, 0.717) is 12.5 Å². The number of ether oxygens (including phenoxy) is 2. The van der Waals surface area contributed by atoms with Crippen molar-refractivity contribution in [2.75, 3.05) is 25.1 Å². The summed E-state index contributed by atoms with van der Waals surface area (Å²) in [6, 6.07) is 6.11. The van der Waals surface area contributed by atoms with Gasteiger partial charge in [-0.2, -0.15) is 0 Å². The largest absolute Gasteiger partial charge is 0.501 e. The fourth-order valence-corrected chi connectivity index (χ4v) is 2.72. The van der Waals surface area contributed by atoms with Gasteiger partial charge < -0.3 is 14.4 Å². The molecule has 5 heteroatoms. The highest BCUT2D eigenvalue weighted by molar-refractivity contribution is 5.95. The highest BCUT2D eigenvalue weighted by Crippen LogP contribution is 2.38. The smallest absolute Gasteiger partial charge is 0.258 e. The van der Waals surface area contributed by atoms with Crippen molar-refractivity contribution in [3.63, 3.8) is 0 Å². The van der Waals surface area contributed by atoms with E-state index in [9.17, 15) is 0 Å². The van der Waals surface area contributed by atoms with Crippen LogP contribution in [0.25, 0.3) is 17.0 Å². The highest BCUT2D eigenvalue weighted by Gasteiger charge is 2.29.